The van der Waals surface area contributed by atoms with E-state index >= 15 is 0 Å². The number of rotatable bonds is 3. The van der Waals surface area contributed by atoms with E-state index in [1.54, 1.807) is 26.4 Å². The zero-order valence-corrected chi connectivity index (χ0v) is 11.8. The molecule has 1 saturated carbocycles. The second-order valence-corrected chi connectivity index (χ2v) is 5.90. The van der Waals surface area contributed by atoms with Gasteiger partial charge in [0.25, 0.3) is 5.91 Å². The second kappa shape index (κ2) is 4.81. The summed E-state index contributed by atoms with van der Waals surface area (Å²) in [5.74, 6) is -0.114. The number of aliphatic hydroxyl groups excluding tert-OH is 1. The molecular weight excluding hydrogens is 242 g/mol. The number of aromatic nitrogens is 1. The van der Waals surface area contributed by atoms with Crippen molar-refractivity contribution in [1.29, 1.82) is 0 Å². The van der Waals surface area contributed by atoms with Crippen molar-refractivity contribution in [2.24, 2.45) is 5.41 Å². The molecule has 1 aromatic rings. The maximum absolute atomic E-state index is 11.8. The van der Waals surface area contributed by atoms with E-state index in [0.717, 1.165) is 12.1 Å². The Balaban J connectivity index is 2.10. The van der Waals surface area contributed by atoms with Crippen molar-refractivity contribution in [3.8, 4) is 0 Å². The smallest absolute Gasteiger partial charge is 0.272 e. The molecule has 0 bridgehead atoms. The summed E-state index contributed by atoms with van der Waals surface area (Å²) >= 11 is 0. The molecule has 19 heavy (non-hydrogen) atoms. The summed E-state index contributed by atoms with van der Waals surface area (Å²) in [5.41, 5.74) is 1.15. The fourth-order valence-corrected chi connectivity index (χ4v) is 2.21. The predicted octanol–water partition coefficient (Wildman–Crippen LogP) is 1.35. The molecular formula is C14H21N3O2. The van der Waals surface area contributed by atoms with E-state index in [4.69, 9.17) is 0 Å². The van der Waals surface area contributed by atoms with E-state index in [2.05, 4.69) is 10.3 Å². The minimum Gasteiger partial charge on any atom is -0.392 e. The Kier molecular flexibility index (Phi) is 3.49. The van der Waals surface area contributed by atoms with Crippen LogP contribution in [0.5, 0.6) is 0 Å². The average Bonchev–Trinajstić information content (AvgIpc) is 2.37. The van der Waals surface area contributed by atoms with Gasteiger partial charge in [-0.3, -0.25) is 9.78 Å². The minimum atomic E-state index is -0.269. The second-order valence-electron chi connectivity index (χ2n) is 5.90. The molecule has 2 atom stereocenters. The molecule has 1 amide bonds. The molecule has 0 aliphatic heterocycles. The molecule has 104 valence electrons. The maximum Gasteiger partial charge on any atom is 0.272 e. The Morgan fingerprint density at radius 1 is 1.53 bits per heavy atom. The highest BCUT2D eigenvalue weighted by molar-refractivity contribution is 5.92. The van der Waals surface area contributed by atoms with Gasteiger partial charge in [0.1, 0.15) is 5.69 Å². The largest absolute Gasteiger partial charge is 0.392 e. The number of nitrogens with zero attached hydrogens (tertiary/aromatic N) is 2. The average molecular weight is 263 g/mol. The number of anilines is 1. The Hall–Kier alpha value is -1.62. The van der Waals surface area contributed by atoms with E-state index in [1.165, 1.54) is 4.90 Å². The van der Waals surface area contributed by atoms with Gasteiger partial charge < -0.3 is 15.3 Å². The van der Waals surface area contributed by atoms with Gasteiger partial charge in [0.05, 0.1) is 6.10 Å². The van der Waals surface area contributed by atoms with Crippen molar-refractivity contribution in [2.75, 3.05) is 19.4 Å². The minimum absolute atomic E-state index is 0.114. The van der Waals surface area contributed by atoms with Crippen LogP contribution in [-0.2, 0) is 0 Å². The Morgan fingerprint density at radius 2 is 2.21 bits per heavy atom. The summed E-state index contributed by atoms with van der Waals surface area (Å²) in [5, 5.41) is 13.1. The highest BCUT2D eigenvalue weighted by Crippen LogP contribution is 2.42. The number of pyridine rings is 1. The third-order valence-electron chi connectivity index (χ3n) is 3.94. The molecule has 0 aromatic carbocycles. The summed E-state index contributed by atoms with van der Waals surface area (Å²) in [7, 11) is 3.41. The van der Waals surface area contributed by atoms with E-state index < -0.39 is 0 Å². The lowest BCUT2D eigenvalue weighted by Crippen LogP contribution is -2.56. The van der Waals surface area contributed by atoms with Crippen LogP contribution in [-0.4, -0.2) is 47.1 Å². The van der Waals surface area contributed by atoms with Crippen LogP contribution in [0.15, 0.2) is 18.3 Å². The standard InChI is InChI=1S/C14H21N3O2/c1-14(2)11(8-12(14)18)16-9-5-6-15-10(7-9)13(19)17(3)4/h5-7,11-12,18H,8H2,1-4H3,(H,15,16). The summed E-state index contributed by atoms with van der Waals surface area (Å²) < 4.78 is 0. The van der Waals surface area contributed by atoms with Gasteiger partial charge in [0.2, 0.25) is 0 Å². The fourth-order valence-electron chi connectivity index (χ4n) is 2.21. The molecule has 1 aliphatic rings. The molecule has 1 aliphatic carbocycles. The van der Waals surface area contributed by atoms with Crippen molar-refractivity contribution in [3.05, 3.63) is 24.0 Å². The van der Waals surface area contributed by atoms with E-state index in [-0.39, 0.29) is 23.5 Å². The van der Waals surface area contributed by atoms with Gasteiger partial charge in [-0.15, -0.1) is 0 Å². The van der Waals surface area contributed by atoms with Gasteiger partial charge in [-0.1, -0.05) is 13.8 Å². The molecule has 0 radical (unpaired) electrons. The maximum atomic E-state index is 11.8. The van der Waals surface area contributed by atoms with Crippen molar-refractivity contribution in [3.63, 3.8) is 0 Å². The molecule has 2 unspecified atom stereocenters. The van der Waals surface area contributed by atoms with Gasteiger partial charge in [0, 0.05) is 37.4 Å². The van der Waals surface area contributed by atoms with E-state index in [1.807, 2.05) is 19.9 Å². The first-order valence-corrected chi connectivity index (χ1v) is 6.44. The molecule has 1 heterocycles. The number of amides is 1. The third kappa shape index (κ3) is 2.56. The number of hydrogen-bond acceptors (Lipinski definition) is 4. The van der Waals surface area contributed by atoms with Crippen molar-refractivity contribution < 1.29 is 9.90 Å². The molecule has 1 fully saturated rings. The molecule has 2 N–H and O–H groups in total. The quantitative estimate of drug-likeness (QED) is 0.864. The fraction of sp³-hybridized carbons (Fsp3) is 0.571. The van der Waals surface area contributed by atoms with Crippen molar-refractivity contribution >= 4 is 11.6 Å². The van der Waals surface area contributed by atoms with Crippen LogP contribution < -0.4 is 5.32 Å². The lowest BCUT2D eigenvalue weighted by molar-refractivity contribution is -0.0510. The molecule has 2 rings (SSSR count). The van der Waals surface area contributed by atoms with Crippen LogP contribution in [0.25, 0.3) is 0 Å². The van der Waals surface area contributed by atoms with Crippen LogP contribution in [0.2, 0.25) is 0 Å². The number of carbonyl (C=O) groups is 1. The molecule has 0 spiro atoms. The van der Waals surface area contributed by atoms with Gasteiger partial charge >= 0.3 is 0 Å². The molecule has 0 saturated heterocycles. The number of nitrogens with one attached hydrogen (secondary N) is 1. The zero-order chi connectivity index (χ0) is 14.2. The Morgan fingerprint density at radius 3 is 2.74 bits per heavy atom. The lowest BCUT2D eigenvalue weighted by Gasteiger charge is -2.49. The first-order valence-electron chi connectivity index (χ1n) is 6.44. The first kappa shape index (κ1) is 13.8. The van der Waals surface area contributed by atoms with Crippen LogP contribution >= 0.6 is 0 Å². The van der Waals surface area contributed by atoms with Gasteiger partial charge in [-0.25, -0.2) is 0 Å². The topological polar surface area (TPSA) is 65.5 Å². The van der Waals surface area contributed by atoms with E-state index in [0.29, 0.717) is 5.69 Å². The summed E-state index contributed by atoms with van der Waals surface area (Å²) in [6.45, 7) is 4.07. The van der Waals surface area contributed by atoms with Crippen LogP contribution in [0.3, 0.4) is 0 Å². The third-order valence-corrected chi connectivity index (χ3v) is 3.94. The first-order chi connectivity index (χ1) is 8.82. The van der Waals surface area contributed by atoms with Crippen LogP contribution in [0, 0.1) is 5.41 Å². The van der Waals surface area contributed by atoms with Gasteiger partial charge in [-0.05, 0) is 18.6 Å². The SMILES string of the molecule is CN(C)C(=O)c1cc(NC2CC(O)C2(C)C)ccn1. The Labute approximate surface area is 113 Å². The Bertz CT molecular complexity index is 485. The number of hydrogen-bond donors (Lipinski definition) is 2. The molecule has 5 nitrogen and oxygen atoms in total. The zero-order valence-electron chi connectivity index (χ0n) is 11.8. The normalized spacial score (nSPS) is 24.5. The van der Waals surface area contributed by atoms with Gasteiger partial charge in [-0.2, -0.15) is 0 Å². The van der Waals surface area contributed by atoms with Crippen molar-refractivity contribution in [2.45, 2.75) is 32.4 Å². The number of aliphatic hydroxyl groups is 1. The number of carbonyl (C=O) groups excluding carboxylic acids is 1. The summed E-state index contributed by atoms with van der Waals surface area (Å²) in [6, 6.07) is 3.81. The van der Waals surface area contributed by atoms with E-state index in [9.17, 15) is 9.90 Å². The predicted molar refractivity (Wildman–Crippen MR) is 74.1 cm³/mol. The molecule has 5 heteroatoms. The molecule has 1 aromatic heterocycles. The van der Waals surface area contributed by atoms with Gasteiger partial charge in [0.15, 0.2) is 0 Å². The summed E-state index contributed by atoms with van der Waals surface area (Å²) in [4.78, 5) is 17.4. The van der Waals surface area contributed by atoms with Crippen LogP contribution in [0.4, 0.5) is 5.69 Å². The lowest BCUT2D eigenvalue weighted by atomic mass is 9.64. The highest BCUT2D eigenvalue weighted by atomic mass is 16.3. The monoisotopic (exact) mass is 263 g/mol. The van der Waals surface area contributed by atoms with Crippen molar-refractivity contribution in [1.82, 2.24) is 9.88 Å². The van der Waals surface area contributed by atoms with Crippen LogP contribution in [0.1, 0.15) is 30.8 Å². The summed E-state index contributed by atoms with van der Waals surface area (Å²) in [6.07, 6.45) is 2.09. The highest BCUT2D eigenvalue weighted by Gasteiger charge is 2.47.